The predicted molar refractivity (Wildman–Crippen MR) is 99.7 cm³/mol. The molecular formula is C21H28N2. The molecule has 3 heterocycles. The zero-order valence-corrected chi connectivity index (χ0v) is 15.8. The van der Waals surface area contributed by atoms with Crippen LogP contribution in [0.4, 0.5) is 0 Å². The van der Waals surface area contributed by atoms with E-state index in [4.69, 9.17) is 4.98 Å². The van der Waals surface area contributed by atoms with Crippen LogP contribution >= 0.6 is 0 Å². The van der Waals surface area contributed by atoms with E-state index in [1.54, 1.807) is 0 Å². The fraction of sp³-hybridized carbons (Fsp3) is 0.476. The van der Waals surface area contributed by atoms with E-state index in [0.29, 0.717) is 5.92 Å². The lowest BCUT2D eigenvalue weighted by Crippen LogP contribution is -2.07. The van der Waals surface area contributed by atoms with Crippen molar-refractivity contribution in [2.75, 3.05) is 0 Å². The number of hydrogen-bond donors (Lipinski definition) is 0. The van der Waals surface area contributed by atoms with E-state index in [1.807, 2.05) is 0 Å². The van der Waals surface area contributed by atoms with Gasteiger partial charge in [-0.3, -0.25) is 4.98 Å². The van der Waals surface area contributed by atoms with E-state index in [1.165, 1.54) is 44.5 Å². The van der Waals surface area contributed by atoms with E-state index in [0.717, 1.165) is 17.6 Å². The Kier molecular flexibility index (Phi) is 3.74. The zero-order valence-electron chi connectivity index (χ0n) is 15.8. The second-order valence-electron chi connectivity index (χ2n) is 7.50. The van der Waals surface area contributed by atoms with Crippen molar-refractivity contribution in [3.05, 3.63) is 45.3 Å². The minimum absolute atomic E-state index is 0.661. The lowest BCUT2D eigenvalue weighted by atomic mass is 9.94. The van der Waals surface area contributed by atoms with Gasteiger partial charge in [0.15, 0.2) is 0 Å². The van der Waals surface area contributed by atoms with Crippen LogP contribution in [0.25, 0.3) is 16.6 Å². The van der Waals surface area contributed by atoms with Crippen LogP contribution in [0.1, 0.15) is 53.1 Å². The van der Waals surface area contributed by atoms with Crippen LogP contribution in [-0.2, 0) is 6.42 Å². The van der Waals surface area contributed by atoms with Gasteiger partial charge >= 0.3 is 0 Å². The average Bonchev–Trinajstić information content (AvgIpc) is 2.75. The van der Waals surface area contributed by atoms with Crippen molar-refractivity contribution < 1.29 is 0 Å². The summed E-state index contributed by atoms with van der Waals surface area (Å²) in [6.07, 6.45) is 1.13. The molecule has 0 aliphatic carbocycles. The SMILES string of the molecule is Cc1cc(C)c2c(n1)c(C)c1c(C)c(C)c(CC(C)C)c(C)n12. The standard InChI is InChI=1S/C21H28N2/c1-11(2)9-18-14(5)15(6)21-16(7)19-20(23(21)17(18)8)12(3)10-13(4)22-19/h10-11H,9H2,1-8H3. The number of rotatable bonds is 2. The van der Waals surface area contributed by atoms with Crippen molar-refractivity contribution in [1.29, 1.82) is 0 Å². The number of hydrogen-bond acceptors (Lipinski definition) is 1. The highest BCUT2D eigenvalue weighted by Gasteiger charge is 2.20. The number of fused-ring (bicyclic) bond motifs is 3. The Balaban J connectivity index is 2.58. The van der Waals surface area contributed by atoms with Crippen molar-refractivity contribution >= 4 is 16.6 Å². The van der Waals surface area contributed by atoms with Crippen LogP contribution in [0.3, 0.4) is 0 Å². The average molecular weight is 308 g/mol. The van der Waals surface area contributed by atoms with Crippen LogP contribution in [0.15, 0.2) is 6.07 Å². The molecule has 2 heteroatoms. The van der Waals surface area contributed by atoms with Crippen LogP contribution < -0.4 is 0 Å². The topological polar surface area (TPSA) is 17.3 Å². The number of pyridine rings is 2. The van der Waals surface area contributed by atoms with Crippen molar-refractivity contribution in [2.24, 2.45) is 5.92 Å². The molecule has 2 nitrogen and oxygen atoms in total. The Bertz CT molecular complexity index is 927. The second kappa shape index (κ2) is 5.36. The predicted octanol–water partition coefficient (Wildman–Crippen LogP) is 5.54. The van der Waals surface area contributed by atoms with Gasteiger partial charge in [-0.15, -0.1) is 0 Å². The highest BCUT2D eigenvalue weighted by atomic mass is 14.9. The maximum atomic E-state index is 4.85. The molecule has 0 fully saturated rings. The van der Waals surface area contributed by atoms with Gasteiger partial charge in [0, 0.05) is 17.0 Å². The van der Waals surface area contributed by atoms with Gasteiger partial charge in [-0.1, -0.05) is 13.8 Å². The van der Waals surface area contributed by atoms with Gasteiger partial charge in [0.1, 0.15) is 0 Å². The molecule has 0 spiro atoms. The normalized spacial score (nSPS) is 12.0. The molecule has 3 aromatic heterocycles. The minimum atomic E-state index is 0.661. The molecule has 0 aromatic carbocycles. The summed E-state index contributed by atoms with van der Waals surface area (Å²) in [5.41, 5.74) is 13.3. The summed E-state index contributed by atoms with van der Waals surface area (Å²) < 4.78 is 2.46. The third kappa shape index (κ3) is 2.27. The summed E-state index contributed by atoms with van der Waals surface area (Å²) in [6, 6.07) is 2.20. The molecule has 0 atom stereocenters. The fourth-order valence-electron chi connectivity index (χ4n) is 4.07. The van der Waals surface area contributed by atoms with E-state index in [-0.39, 0.29) is 0 Å². The summed E-state index contributed by atoms with van der Waals surface area (Å²) in [4.78, 5) is 4.85. The maximum Gasteiger partial charge on any atom is 0.0926 e. The van der Waals surface area contributed by atoms with Gasteiger partial charge in [0.25, 0.3) is 0 Å². The quantitative estimate of drug-likeness (QED) is 0.608. The Morgan fingerprint density at radius 2 is 1.57 bits per heavy atom. The van der Waals surface area contributed by atoms with Crippen LogP contribution in [0.2, 0.25) is 0 Å². The monoisotopic (exact) mass is 308 g/mol. The molecule has 0 N–H and O–H groups in total. The molecule has 0 aliphatic rings. The summed E-state index contributed by atoms with van der Waals surface area (Å²) in [5.74, 6) is 0.661. The van der Waals surface area contributed by atoms with Gasteiger partial charge in [0.2, 0.25) is 0 Å². The molecule has 0 radical (unpaired) electrons. The van der Waals surface area contributed by atoms with Crippen LogP contribution in [0.5, 0.6) is 0 Å². The third-order valence-corrected chi connectivity index (χ3v) is 5.22. The molecule has 0 saturated carbocycles. The first-order chi connectivity index (χ1) is 10.7. The molecule has 0 saturated heterocycles. The number of aryl methyl sites for hydroxylation is 5. The number of nitrogens with zero attached hydrogens (tertiary/aromatic N) is 2. The smallest absolute Gasteiger partial charge is 0.0926 e. The largest absolute Gasteiger partial charge is 0.311 e. The first-order valence-corrected chi connectivity index (χ1v) is 8.61. The van der Waals surface area contributed by atoms with Crippen molar-refractivity contribution in [2.45, 2.75) is 61.8 Å². The molecule has 122 valence electrons. The van der Waals surface area contributed by atoms with Gasteiger partial charge in [-0.25, -0.2) is 0 Å². The first-order valence-electron chi connectivity index (χ1n) is 8.61. The first kappa shape index (κ1) is 16.0. The third-order valence-electron chi connectivity index (χ3n) is 5.22. The number of aromatic nitrogens is 2. The summed E-state index contributed by atoms with van der Waals surface area (Å²) in [5, 5.41) is 0. The molecule has 3 aromatic rings. The molecule has 0 unspecified atom stereocenters. The Morgan fingerprint density at radius 1 is 0.913 bits per heavy atom. The highest BCUT2D eigenvalue weighted by Crippen LogP contribution is 2.34. The van der Waals surface area contributed by atoms with Gasteiger partial charge < -0.3 is 4.40 Å². The molecule has 0 amide bonds. The summed E-state index contributed by atoms with van der Waals surface area (Å²) in [7, 11) is 0. The van der Waals surface area contributed by atoms with Crippen LogP contribution in [-0.4, -0.2) is 9.38 Å². The Labute approximate surface area is 139 Å². The molecule has 0 aliphatic heterocycles. The molecule has 3 rings (SSSR count). The second-order valence-corrected chi connectivity index (χ2v) is 7.50. The minimum Gasteiger partial charge on any atom is -0.311 e. The maximum absolute atomic E-state index is 4.85. The Hall–Kier alpha value is -1.83. The van der Waals surface area contributed by atoms with Gasteiger partial charge in [0.05, 0.1) is 16.6 Å². The van der Waals surface area contributed by atoms with E-state index in [9.17, 15) is 0 Å². The van der Waals surface area contributed by atoms with E-state index >= 15 is 0 Å². The van der Waals surface area contributed by atoms with Crippen LogP contribution in [0, 0.1) is 47.5 Å². The van der Waals surface area contributed by atoms with Crippen molar-refractivity contribution in [3.63, 3.8) is 0 Å². The molecule has 23 heavy (non-hydrogen) atoms. The molecule has 0 bridgehead atoms. The zero-order chi connectivity index (χ0) is 17.0. The lowest BCUT2D eigenvalue weighted by Gasteiger charge is -2.19. The summed E-state index contributed by atoms with van der Waals surface area (Å²) in [6.45, 7) is 17.9. The van der Waals surface area contributed by atoms with E-state index < -0.39 is 0 Å². The van der Waals surface area contributed by atoms with E-state index in [2.05, 4.69) is 65.9 Å². The highest BCUT2D eigenvalue weighted by molar-refractivity contribution is 5.93. The molecular weight excluding hydrogens is 280 g/mol. The van der Waals surface area contributed by atoms with Gasteiger partial charge in [-0.05, 0) is 82.2 Å². The van der Waals surface area contributed by atoms with Crippen molar-refractivity contribution in [3.8, 4) is 0 Å². The van der Waals surface area contributed by atoms with Gasteiger partial charge in [-0.2, -0.15) is 0 Å². The lowest BCUT2D eigenvalue weighted by molar-refractivity contribution is 0.639. The fourth-order valence-corrected chi connectivity index (χ4v) is 4.07. The summed E-state index contributed by atoms with van der Waals surface area (Å²) >= 11 is 0. The van der Waals surface area contributed by atoms with Crippen molar-refractivity contribution in [1.82, 2.24) is 9.38 Å². The Morgan fingerprint density at radius 3 is 2.17 bits per heavy atom.